The third-order valence-corrected chi connectivity index (χ3v) is 4.31. The summed E-state index contributed by atoms with van der Waals surface area (Å²) in [5.41, 5.74) is 3.29. The topological polar surface area (TPSA) is 49.3 Å². The van der Waals surface area contributed by atoms with Crippen LogP contribution in [0.5, 0.6) is 0 Å². The van der Waals surface area contributed by atoms with Gasteiger partial charge in [0.05, 0.1) is 11.4 Å². The fourth-order valence-electron chi connectivity index (χ4n) is 3.01. The Morgan fingerprint density at radius 3 is 1.71 bits per heavy atom. The van der Waals surface area contributed by atoms with E-state index in [2.05, 4.69) is 23.8 Å². The molecule has 0 bridgehead atoms. The van der Waals surface area contributed by atoms with Crippen LogP contribution in [0, 0.1) is 0 Å². The zero-order valence-electron chi connectivity index (χ0n) is 14.4. The number of fused-ring (bicyclic) bond motifs is 3. The van der Waals surface area contributed by atoms with Gasteiger partial charge in [-0.05, 0) is 37.1 Å². The molecule has 2 aromatic rings. The predicted octanol–water partition coefficient (Wildman–Crippen LogP) is 4.49. The molecule has 0 saturated heterocycles. The Hall–Kier alpha value is -2.43. The summed E-state index contributed by atoms with van der Waals surface area (Å²) >= 11 is 0. The lowest BCUT2D eigenvalue weighted by atomic mass is 10.1. The fraction of sp³-hybridized carbons (Fsp3) is 0.421. The van der Waals surface area contributed by atoms with Crippen molar-refractivity contribution in [2.75, 3.05) is 22.9 Å². The van der Waals surface area contributed by atoms with Crippen molar-refractivity contribution in [3.05, 3.63) is 36.7 Å². The molecule has 0 atom stereocenters. The lowest BCUT2D eigenvalue weighted by molar-refractivity contribution is 0.251. The number of urea groups is 1. The maximum atomic E-state index is 13.3. The minimum Gasteiger partial charge on any atom is -0.292 e. The van der Waals surface area contributed by atoms with Gasteiger partial charge in [0.25, 0.3) is 0 Å². The highest BCUT2D eigenvalue weighted by molar-refractivity contribution is 6.10. The van der Waals surface area contributed by atoms with Crippen molar-refractivity contribution in [2.45, 2.75) is 39.5 Å². The Bertz CT molecular complexity index is 657. The van der Waals surface area contributed by atoms with Crippen LogP contribution >= 0.6 is 0 Å². The summed E-state index contributed by atoms with van der Waals surface area (Å²) in [4.78, 5) is 26.1. The van der Waals surface area contributed by atoms with Gasteiger partial charge in [-0.3, -0.25) is 19.8 Å². The standard InChI is InChI=1S/C19H24N4O/c1-3-5-13-22-15-9-7-11-20-17(15)18-16(10-8-12-21-18)23(19(22)24)14-6-4-2/h7-12H,3-6,13-14H2,1-2H3. The van der Waals surface area contributed by atoms with Crippen LogP contribution in [0.2, 0.25) is 0 Å². The molecule has 1 aliphatic heterocycles. The lowest BCUT2D eigenvalue weighted by Gasteiger charge is -2.28. The quantitative estimate of drug-likeness (QED) is 0.786. The molecule has 2 amide bonds. The summed E-state index contributed by atoms with van der Waals surface area (Å²) in [6.07, 6.45) is 7.54. The lowest BCUT2D eigenvalue weighted by Crippen LogP contribution is -2.44. The molecule has 0 N–H and O–H groups in total. The van der Waals surface area contributed by atoms with Gasteiger partial charge in [0.2, 0.25) is 0 Å². The third kappa shape index (κ3) is 2.98. The smallest absolute Gasteiger partial charge is 0.292 e. The zero-order chi connectivity index (χ0) is 16.9. The molecule has 0 fully saturated rings. The highest BCUT2D eigenvalue weighted by atomic mass is 16.2. The second kappa shape index (κ2) is 7.43. The zero-order valence-corrected chi connectivity index (χ0v) is 14.4. The van der Waals surface area contributed by atoms with Gasteiger partial charge in [0.15, 0.2) is 0 Å². The van der Waals surface area contributed by atoms with E-state index in [0.29, 0.717) is 13.1 Å². The van der Waals surface area contributed by atoms with Crippen LogP contribution < -0.4 is 9.80 Å². The van der Waals surface area contributed by atoms with Gasteiger partial charge < -0.3 is 0 Å². The number of nitrogens with zero attached hydrogens (tertiary/aromatic N) is 4. The van der Waals surface area contributed by atoms with Crippen LogP contribution in [0.3, 0.4) is 0 Å². The number of hydrogen-bond donors (Lipinski definition) is 0. The maximum absolute atomic E-state index is 13.3. The summed E-state index contributed by atoms with van der Waals surface area (Å²) in [5.74, 6) is 0. The molecule has 3 rings (SSSR count). The van der Waals surface area contributed by atoms with Gasteiger partial charge in [-0.1, -0.05) is 26.7 Å². The maximum Gasteiger partial charge on any atom is 0.329 e. The first-order chi connectivity index (χ1) is 11.8. The second-order valence-electron chi connectivity index (χ2n) is 6.04. The summed E-state index contributed by atoms with van der Waals surface area (Å²) < 4.78 is 0. The van der Waals surface area contributed by atoms with Gasteiger partial charge in [-0.15, -0.1) is 0 Å². The van der Waals surface area contributed by atoms with Crippen molar-refractivity contribution >= 4 is 17.4 Å². The number of amides is 2. The number of aromatic nitrogens is 2. The molecule has 2 aromatic heterocycles. The average molecular weight is 324 g/mol. The van der Waals surface area contributed by atoms with E-state index >= 15 is 0 Å². The number of unbranched alkanes of at least 4 members (excludes halogenated alkanes) is 2. The van der Waals surface area contributed by atoms with Gasteiger partial charge in [-0.2, -0.15) is 0 Å². The molecule has 5 nitrogen and oxygen atoms in total. The van der Waals surface area contributed by atoms with Gasteiger partial charge in [0.1, 0.15) is 11.4 Å². The molecule has 0 aromatic carbocycles. The van der Waals surface area contributed by atoms with Crippen molar-refractivity contribution in [3.8, 4) is 11.4 Å². The van der Waals surface area contributed by atoms with Crippen molar-refractivity contribution in [1.29, 1.82) is 0 Å². The minimum absolute atomic E-state index is 0.0258. The first-order valence-corrected chi connectivity index (χ1v) is 8.77. The Balaban J connectivity index is 2.14. The molecule has 3 heterocycles. The fourth-order valence-corrected chi connectivity index (χ4v) is 3.01. The first-order valence-electron chi connectivity index (χ1n) is 8.77. The van der Waals surface area contributed by atoms with E-state index in [4.69, 9.17) is 0 Å². The summed E-state index contributed by atoms with van der Waals surface area (Å²) in [6, 6.07) is 7.73. The van der Waals surface area contributed by atoms with Gasteiger partial charge in [-0.25, -0.2) is 4.79 Å². The van der Waals surface area contributed by atoms with E-state index in [1.165, 1.54) is 0 Å². The van der Waals surface area contributed by atoms with E-state index in [0.717, 1.165) is 48.4 Å². The molecule has 0 aliphatic carbocycles. The Labute approximate surface area is 143 Å². The Kier molecular flexibility index (Phi) is 5.08. The minimum atomic E-state index is 0.0258. The van der Waals surface area contributed by atoms with Gasteiger partial charge >= 0.3 is 6.03 Å². The van der Waals surface area contributed by atoms with Crippen LogP contribution in [-0.4, -0.2) is 29.1 Å². The molecular weight excluding hydrogens is 300 g/mol. The molecule has 0 saturated carbocycles. The highest BCUT2D eigenvalue weighted by Gasteiger charge is 2.32. The van der Waals surface area contributed by atoms with Crippen LogP contribution in [-0.2, 0) is 0 Å². The van der Waals surface area contributed by atoms with E-state index < -0.39 is 0 Å². The molecule has 1 aliphatic rings. The predicted molar refractivity (Wildman–Crippen MR) is 97.4 cm³/mol. The number of pyridine rings is 2. The summed E-state index contributed by atoms with van der Waals surface area (Å²) in [7, 11) is 0. The normalized spacial score (nSPS) is 13.5. The summed E-state index contributed by atoms with van der Waals surface area (Å²) in [6.45, 7) is 5.67. The molecule has 126 valence electrons. The number of carbonyl (C=O) groups is 1. The number of anilines is 2. The number of hydrogen-bond acceptors (Lipinski definition) is 3. The van der Waals surface area contributed by atoms with Crippen LogP contribution in [0.4, 0.5) is 16.2 Å². The Morgan fingerprint density at radius 2 is 1.29 bits per heavy atom. The average Bonchev–Trinajstić information content (AvgIpc) is 2.72. The van der Waals surface area contributed by atoms with Crippen molar-refractivity contribution in [1.82, 2.24) is 9.97 Å². The molecule has 24 heavy (non-hydrogen) atoms. The van der Waals surface area contributed by atoms with Crippen molar-refractivity contribution in [3.63, 3.8) is 0 Å². The van der Waals surface area contributed by atoms with Crippen molar-refractivity contribution in [2.24, 2.45) is 0 Å². The van der Waals surface area contributed by atoms with Crippen LogP contribution in [0.1, 0.15) is 39.5 Å². The van der Waals surface area contributed by atoms with E-state index in [9.17, 15) is 4.79 Å². The van der Waals surface area contributed by atoms with Crippen LogP contribution in [0.15, 0.2) is 36.7 Å². The van der Waals surface area contributed by atoms with Gasteiger partial charge in [0, 0.05) is 25.5 Å². The largest absolute Gasteiger partial charge is 0.329 e. The number of rotatable bonds is 6. The first kappa shape index (κ1) is 16.4. The third-order valence-electron chi connectivity index (χ3n) is 4.31. The second-order valence-corrected chi connectivity index (χ2v) is 6.04. The molecule has 0 radical (unpaired) electrons. The molecular formula is C19H24N4O. The SMILES string of the molecule is CCCCN1C(=O)N(CCCC)c2cccnc2-c2ncccc21. The monoisotopic (exact) mass is 324 g/mol. The van der Waals surface area contributed by atoms with Crippen LogP contribution in [0.25, 0.3) is 11.4 Å². The highest BCUT2D eigenvalue weighted by Crippen LogP contribution is 2.38. The molecule has 0 spiro atoms. The van der Waals surface area contributed by atoms with E-state index in [1.807, 2.05) is 34.1 Å². The van der Waals surface area contributed by atoms with E-state index in [-0.39, 0.29) is 6.03 Å². The summed E-state index contributed by atoms with van der Waals surface area (Å²) in [5, 5.41) is 0. The number of carbonyl (C=O) groups excluding carboxylic acids is 1. The van der Waals surface area contributed by atoms with E-state index in [1.54, 1.807) is 12.4 Å². The molecule has 5 heteroatoms. The molecule has 0 unspecified atom stereocenters. The van der Waals surface area contributed by atoms with Crippen molar-refractivity contribution < 1.29 is 4.79 Å². The Morgan fingerprint density at radius 1 is 0.833 bits per heavy atom.